The molecule has 0 N–H and O–H groups in total. The van der Waals surface area contributed by atoms with Gasteiger partial charge in [-0.2, -0.15) is 0 Å². The second-order valence-corrected chi connectivity index (χ2v) is 6.22. The Kier molecular flexibility index (Phi) is 3.97. The number of piperazine rings is 1. The molecule has 1 aliphatic rings. The van der Waals surface area contributed by atoms with Gasteiger partial charge in [0.15, 0.2) is 5.78 Å². The molecule has 3 nitrogen and oxygen atoms in total. The van der Waals surface area contributed by atoms with E-state index in [1.165, 1.54) is 4.88 Å². The molecule has 0 aliphatic carbocycles. The van der Waals surface area contributed by atoms with Crippen LogP contribution in [0.5, 0.6) is 0 Å². The molecular formula is C13H20N2OS. The molecular weight excluding hydrogens is 232 g/mol. The Morgan fingerprint density at radius 3 is 2.82 bits per heavy atom. The quantitative estimate of drug-likeness (QED) is 0.767. The fourth-order valence-electron chi connectivity index (χ4n) is 2.22. The summed E-state index contributed by atoms with van der Waals surface area (Å²) in [5, 5.41) is 0. The molecule has 0 spiro atoms. The average molecular weight is 252 g/mol. The van der Waals surface area contributed by atoms with E-state index in [-0.39, 0.29) is 5.78 Å². The van der Waals surface area contributed by atoms with Crippen molar-refractivity contribution in [2.45, 2.75) is 19.4 Å². The Morgan fingerprint density at radius 2 is 2.18 bits per heavy atom. The lowest BCUT2D eigenvalue weighted by Crippen LogP contribution is -2.50. The Balaban J connectivity index is 1.98. The minimum atomic E-state index is 0.287. The van der Waals surface area contributed by atoms with Crippen LogP contribution in [0.4, 0.5) is 0 Å². The van der Waals surface area contributed by atoms with Crippen LogP contribution in [-0.4, -0.2) is 55.4 Å². The molecule has 94 valence electrons. The molecule has 2 rings (SSSR count). The zero-order valence-corrected chi connectivity index (χ0v) is 11.6. The predicted molar refractivity (Wildman–Crippen MR) is 71.9 cm³/mol. The number of carbonyl (C=O) groups is 1. The molecule has 1 saturated heterocycles. The van der Waals surface area contributed by atoms with E-state index in [0.717, 1.165) is 24.5 Å². The molecule has 1 atom stereocenters. The van der Waals surface area contributed by atoms with E-state index in [1.54, 1.807) is 11.3 Å². The first-order valence-corrected chi connectivity index (χ1v) is 6.86. The van der Waals surface area contributed by atoms with Crippen molar-refractivity contribution in [2.24, 2.45) is 0 Å². The summed E-state index contributed by atoms with van der Waals surface area (Å²) < 4.78 is 0. The minimum absolute atomic E-state index is 0.287. The molecule has 0 aromatic carbocycles. The van der Waals surface area contributed by atoms with Crippen LogP contribution in [0, 0.1) is 6.92 Å². The topological polar surface area (TPSA) is 23.6 Å². The molecule has 17 heavy (non-hydrogen) atoms. The monoisotopic (exact) mass is 252 g/mol. The number of thiophene rings is 1. The lowest BCUT2D eigenvalue weighted by molar-refractivity contribution is 0.0813. The van der Waals surface area contributed by atoms with Gasteiger partial charge in [-0.15, -0.1) is 11.3 Å². The smallest absolute Gasteiger partial charge is 0.174 e. The molecule has 0 saturated carbocycles. The number of hydrogen-bond donors (Lipinski definition) is 0. The molecule has 1 aromatic heterocycles. The van der Waals surface area contributed by atoms with Crippen molar-refractivity contribution in [1.82, 2.24) is 9.80 Å². The van der Waals surface area contributed by atoms with Crippen LogP contribution in [0.1, 0.15) is 21.0 Å². The third kappa shape index (κ3) is 3.15. The molecule has 1 fully saturated rings. The van der Waals surface area contributed by atoms with Crippen molar-refractivity contribution in [3.8, 4) is 0 Å². The highest BCUT2D eigenvalue weighted by atomic mass is 32.1. The Bertz CT molecular complexity index is 402. The number of nitrogens with zero attached hydrogens (tertiary/aromatic N) is 2. The van der Waals surface area contributed by atoms with Gasteiger partial charge in [-0.25, -0.2) is 0 Å². The normalized spacial score (nSPS) is 22.9. The van der Waals surface area contributed by atoms with Crippen LogP contribution in [0.2, 0.25) is 0 Å². The van der Waals surface area contributed by atoms with Gasteiger partial charge >= 0.3 is 0 Å². The van der Waals surface area contributed by atoms with Crippen molar-refractivity contribution >= 4 is 17.1 Å². The van der Waals surface area contributed by atoms with Gasteiger partial charge in [0.1, 0.15) is 0 Å². The van der Waals surface area contributed by atoms with Crippen molar-refractivity contribution in [1.29, 1.82) is 0 Å². The highest BCUT2D eigenvalue weighted by molar-refractivity contribution is 7.14. The highest BCUT2D eigenvalue weighted by Gasteiger charge is 2.25. The Labute approximate surface area is 107 Å². The summed E-state index contributed by atoms with van der Waals surface area (Å²) in [5.74, 6) is 0.287. The van der Waals surface area contributed by atoms with Gasteiger partial charge in [0.25, 0.3) is 0 Å². The molecule has 0 amide bonds. The van der Waals surface area contributed by atoms with E-state index in [4.69, 9.17) is 0 Å². The number of likely N-dealkylation sites (N-methyl/N-ethyl adjacent to an activating group) is 2. The van der Waals surface area contributed by atoms with Crippen molar-refractivity contribution < 1.29 is 4.79 Å². The summed E-state index contributed by atoms with van der Waals surface area (Å²) in [7, 11) is 4.24. The van der Waals surface area contributed by atoms with E-state index < -0.39 is 0 Å². The largest absolute Gasteiger partial charge is 0.304 e. The first-order valence-electron chi connectivity index (χ1n) is 6.04. The molecule has 1 unspecified atom stereocenters. The van der Waals surface area contributed by atoms with Crippen molar-refractivity contribution in [3.05, 3.63) is 21.9 Å². The lowest BCUT2D eigenvalue weighted by atomic mass is 10.1. The zero-order chi connectivity index (χ0) is 12.4. The zero-order valence-electron chi connectivity index (χ0n) is 10.8. The molecule has 4 heteroatoms. The fourth-order valence-corrected chi connectivity index (χ4v) is 3.04. The number of Topliss-reactive ketones (excluding diaryl/α,β-unsaturated/α-hetero) is 1. The molecule has 1 aromatic rings. The van der Waals surface area contributed by atoms with Gasteiger partial charge in [-0.05, 0) is 33.2 Å². The van der Waals surface area contributed by atoms with Crippen LogP contribution >= 0.6 is 11.3 Å². The first-order chi connectivity index (χ1) is 8.06. The molecule has 1 aliphatic heterocycles. The van der Waals surface area contributed by atoms with Gasteiger partial charge < -0.3 is 9.80 Å². The van der Waals surface area contributed by atoms with Crippen molar-refractivity contribution in [3.63, 3.8) is 0 Å². The van der Waals surface area contributed by atoms with Gasteiger partial charge in [0, 0.05) is 37.0 Å². The number of rotatable bonds is 3. The van der Waals surface area contributed by atoms with Crippen LogP contribution < -0.4 is 0 Å². The van der Waals surface area contributed by atoms with E-state index in [0.29, 0.717) is 12.5 Å². The Morgan fingerprint density at radius 1 is 1.41 bits per heavy atom. The fraction of sp³-hybridized carbons (Fsp3) is 0.615. The van der Waals surface area contributed by atoms with Gasteiger partial charge in [0.05, 0.1) is 4.88 Å². The maximum Gasteiger partial charge on any atom is 0.174 e. The third-order valence-corrected chi connectivity index (χ3v) is 4.46. The number of ketones is 1. The summed E-state index contributed by atoms with van der Waals surface area (Å²) in [6.07, 6.45) is 0.640. The highest BCUT2D eigenvalue weighted by Crippen LogP contribution is 2.19. The number of carbonyl (C=O) groups excluding carboxylic acids is 1. The van der Waals surface area contributed by atoms with Crippen molar-refractivity contribution in [2.75, 3.05) is 33.7 Å². The average Bonchev–Trinajstić information content (AvgIpc) is 2.70. The summed E-state index contributed by atoms with van der Waals surface area (Å²) in [6, 6.07) is 4.34. The third-order valence-electron chi connectivity index (χ3n) is 3.42. The van der Waals surface area contributed by atoms with E-state index in [9.17, 15) is 4.79 Å². The standard InChI is InChI=1S/C13H20N2OS/c1-10-4-5-13(17-10)12(16)8-11-9-14(2)6-7-15(11)3/h4-5,11H,6-9H2,1-3H3. The van der Waals surface area contributed by atoms with Gasteiger partial charge in [0.2, 0.25) is 0 Å². The van der Waals surface area contributed by atoms with Gasteiger partial charge in [-0.1, -0.05) is 0 Å². The number of aryl methyl sites for hydroxylation is 1. The summed E-state index contributed by atoms with van der Waals surface area (Å²) in [5.41, 5.74) is 0. The lowest BCUT2D eigenvalue weighted by Gasteiger charge is -2.37. The molecule has 2 heterocycles. The van der Waals surface area contributed by atoms with Gasteiger partial charge in [-0.3, -0.25) is 4.79 Å². The minimum Gasteiger partial charge on any atom is -0.304 e. The van der Waals surface area contributed by atoms with Crippen LogP contribution in [-0.2, 0) is 0 Å². The maximum atomic E-state index is 12.1. The summed E-state index contributed by atoms with van der Waals surface area (Å²) >= 11 is 1.60. The molecule has 0 radical (unpaired) electrons. The molecule has 0 bridgehead atoms. The SMILES string of the molecule is Cc1ccc(C(=O)CC2CN(C)CCN2C)s1. The van der Waals surface area contributed by atoms with E-state index in [2.05, 4.69) is 23.9 Å². The number of hydrogen-bond acceptors (Lipinski definition) is 4. The Hall–Kier alpha value is -0.710. The van der Waals surface area contributed by atoms with E-state index >= 15 is 0 Å². The first kappa shape index (κ1) is 12.7. The predicted octanol–water partition coefficient (Wildman–Crippen LogP) is 1.88. The maximum absolute atomic E-state index is 12.1. The van der Waals surface area contributed by atoms with Crippen LogP contribution in [0.25, 0.3) is 0 Å². The second-order valence-electron chi connectivity index (χ2n) is 4.93. The second kappa shape index (κ2) is 5.29. The van der Waals surface area contributed by atoms with Crippen LogP contribution in [0.3, 0.4) is 0 Å². The van der Waals surface area contributed by atoms with Crippen LogP contribution in [0.15, 0.2) is 12.1 Å². The van der Waals surface area contributed by atoms with E-state index in [1.807, 2.05) is 19.1 Å². The summed E-state index contributed by atoms with van der Waals surface area (Å²) in [6.45, 7) is 5.19. The summed E-state index contributed by atoms with van der Waals surface area (Å²) in [4.78, 5) is 18.9.